The van der Waals surface area contributed by atoms with Crippen LogP contribution in [0.5, 0.6) is 0 Å². The molecule has 0 saturated carbocycles. The molecule has 3 nitrogen and oxygen atoms in total. The number of Topliss-reactive ketones (excluding diaryl/α,β-unsaturated/α-hetero) is 1. The molecule has 0 atom stereocenters. The lowest BCUT2D eigenvalue weighted by Crippen LogP contribution is -2.14. The van der Waals surface area contributed by atoms with Crippen LogP contribution in [0.3, 0.4) is 0 Å². The molecular weight excluding hydrogens is 300 g/mol. The summed E-state index contributed by atoms with van der Waals surface area (Å²) >= 11 is 0. The van der Waals surface area contributed by atoms with Crippen molar-refractivity contribution in [3.8, 4) is 0 Å². The maximum atomic E-state index is 10.9. The van der Waals surface area contributed by atoms with Crippen LogP contribution in [0.15, 0.2) is 12.2 Å². The number of esters is 1. The van der Waals surface area contributed by atoms with E-state index in [1.54, 1.807) is 0 Å². The molecule has 0 N–H and O–H groups in total. The lowest BCUT2D eigenvalue weighted by atomic mass is 10.1. The zero-order chi connectivity index (χ0) is 17.9. The predicted molar refractivity (Wildman–Crippen MR) is 101 cm³/mol. The molecule has 0 amide bonds. The number of ketones is 1. The van der Waals surface area contributed by atoms with Crippen LogP contribution in [0.25, 0.3) is 0 Å². The molecule has 0 heterocycles. The second-order valence-corrected chi connectivity index (χ2v) is 6.63. The van der Waals surface area contributed by atoms with Gasteiger partial charge in [-0.25, -0.2) is 4.79 Å². The first-order chi connectivity index (χ1) is 11.7. The Hall–Kier alpha value is -1.12. The van der Waals surface area contributed by atoms with Gasteiger partial charge in [0.15, 0.2) is 0 Å². The van der Waals surface area contributed by atoms with Gasteiger partial charge in [0.2, 0.25) is 5.78 Å². The molecule has 0 aliphatic carbocycles. The van der Waals surface area contributed by atoms with Crippen LogP contribution in [0.4, 0.5) is 0 Å². The summed E-state index contributed by atoms with van der Waals surface area (Å²) in [5, 5.41) is 0. The molecular formula is C21H38O3. The summed E-state index contributed by atoms with van der Waals surface area (Å²) in [6, 6.07) is 0. The summed E-state index contributed by atoms with van der Waals surface area (Å²) in [6.07, 6.45) is 22.3. The molecule has 0 fully saturated rings. The number of carbonyl (C=O) groups excluding carboxylic acids is 2. The second-order valence-electron chi connectivity index (χ2n) is 6.63. The fraction of sp³-hybridized carbons (Fsp3) is 0.810. The van der Waals surface area contributed by atoms with E-state index in [1.807, 2.05) is 0 Å². The molecule has 0 bridgehead atoms. The Labute approximate surface area is 149 Å². The minimum atomic E-state index is -0.706. The molecule has 0 rings (SSSR count). The van der Waals surface area contributed by atoms with Gasteiger partial charge in [-0.2, -0.15) is 0 Å². The van der Waals surface area contributed by atoms with Gasteiger partial charge in [0.1, 0.15) is 0 Å². The van der Waals surface area contributed by atoms with Gasteiger partial charge < -0.3 is 4.74 Å². The molecule has 0 aliphatic heterocycles. The Kier molecular flexibility index (Phi) is 17.4. The standard InChI is InChI=1S/C21H38O3/c1-3-4-5-6-7-8-9-10-11-12-13-14-15-16-17-18-19-24-21(23)20(2)22/h10-11H,3-9,12-19H2,1-2H3/b11-10+. The van der Waals surface area contributed by atoms with Gasteiger partial charge in [0.05, 0.1) is 6.61 Å². The van der Waals surface area contributed by atoms with Gasteiger partial charge in [-0.1, -0.05) is 76.9 Å². The van der Waals surface area contributed by atoms with Crippen molar-refractivity contribution in [3.63, 3.8) is 0 Å². The van der Waals surface area contributed by atoms with E-state index in [4.69, 9.17) is 4.74 Å². The van der Waals surface area contributed by atoms with Crippen LogP contribution in [-0.2, 0) is 14.3 Å². The Balaban J connectivity index is 3.15. The third-order valence-corrected chi connectivity index (χ3v) is 4.18. The summed E-state index contributed by atoms with van der Waals surface area (Å²) in [4.78, 5) is 21.6. The van der Waals surface area contributed by atoms with Crippen LogP contribution < -0.4 is 0 Å². The van der Waals surface area contributed by atoms with Crippen LogP contribution in [0.1, 0.15) is 104 Å². The summed E-state index contributed by atoms with van der Waals surface area (Å²) in [7, 11) is 0. The fourth-order valence-corrected chi connectivity index (χ4v) is 2.62. The molecule has 0 radical (unpaired) electrons. The van der Waals surface area contributed by atoms with Crippen molar-refractivity contribution in [2.45, 2.75) is 104 Å². The Morgan fingerprint density at radius 1 is 0.708 bits per heavy atom. The van der Waals surface area contributed by atoms with Crippen molar-refractivity contribution in [2.75, 3.05) is 6.61 Å². The highest BCUT2D eigenvalue weighted by Crippen LogP contribution is 2.10. The van der Waals surface area contributed by atoms with Crippen molar-refractivity contribution in [3.05, 3.63) is 12.2 Å². The maximum absolute atomic E-state index is 10.9. The van der Waals surface area contributed by atoms with Crippen molar-refractivity contribution in [1.82, 2.24) is 0 Å². The predicted octanol–water partition coefficient (Wildman–Crippen LogP) is 6.16. The van der Waals surface area contributed by atoms with E-state index < -0.39 is 11.8 Å². The Bertz CT molecular complexity index is 334. The van der Waals surface area contributed by atoms with Crippen molar-refractivity contribution < 1.29 is 14.3 Å². The lowest BCUT2D eigenvalue weighted by molar-refractivity contribution is -0.153. The number of hydrogen-bond donors (Lipinski definition) is 0. The first-order valence-corrected chi connectivity index (χ1v) is 10.0. The number of hydrogen-bond acceptors (Lipinski definition) is 3. The second kappa shape index (κ2) is 18.2. The van der Waals surface area contributed by atoms with Gasteiger partial charge in [0.25, 0.3) is 0 Å². The minimum Gasteiger partial charge on any atom is -0.460 e. The molecule has 0 aliphatic rings. The van der Waals surface area contributed by atoms with Gasteiger partial charge in [-0.05, 0) is 32.1 Å². The van der Waals surface area contributed by atoms with Gasteiger partial charge in [-0.15, -0.1) is 0 Å². The van der Waals surface area contributed by atoms with Crippen LogP contribution >= 0.6 is 0 Å². The number of allylic oxidation sites excluding steroid dienone is 2. The first-order valence-electron chi connectivity index (χ1n) is 10.0. The van der Waals surface area contributed by atoms with Crippen molar-refractivity contribution in [2.24, 2.45) is 0 Å². The van der Waals surface area contributed by atoms with Crippen molar-refractivity contribution >= 4 is 11.8 Å². The van der Waals surface area contributed by atoms with Crippen LogP contribution in [-0.4, -0.2) is 18.4 Å². The lowest BCUT2D eigenvalue weighted by Gasteiger charge is -2.02. The van der Waals surface area contributed by atoms with E-state index >= 15 is 0 Å². The largest absolute Gasteiger partial charge is 0.460 e. The molecule has 0 unspecified atom stereocenters. The Morgan fingerprint density at radius 3 is 1.67 bits per heavy atom. The van der Waals surface area contributed by atoms with Gasteiger partial charge in [-0.3, -0.25) is 4.79 Å². The smallest absolute Gasteiger partial charge is 0.374 e. The van der Waals surface area contributed by atoms with Gasteiger partial charge >= 0.3 is 5.97 Å². The van der Waals surface area contributed by atoms with E-state index in [-0.39, 0.29) is 0 Å². The number of carbonyl (C=O) groups is 2. The molecule has 3 heteroatoms. The van der Waals surface area contributed by atoms with E-state index in [1.165, 1.54) is 84.0 Å². The topological polar surface area (TPSA) is 43.4 Å². The van der Waals surface area contributed by atoms with E-state index in [0.717, 1.165) is 12.8 Å². The monoisotopic (exact) mass is 338 g/mol. The minimum absolute atomic E-state index is 0.375. The fourth-order valence-electron chi connectivity index (χ4n) is 2.62. The van der Waals surface area contributed by atoms with E-state index in [0.29, 0.717) is 6.61 Å². The molecule has 0 saturated heterocycles. The highest BCUT2D eigenvalue weighted by atomic mass is 16.5. The van der Waals surface area contributed by atoms with E-state index in [2.05, 4.69) is 19.1 Å². The Morgan fingerprint density at radius 2 is 1.17 bits per heavy atom. The molecule has 0 aromatic rings. The number of rotatable bonds is 17. The third-order valence-electron chi connectivity index (χ3n) is 4.18. The maximum Gasteiger partial charge on any atom is 0.374 e. The third kappa shape index (κ3) is 17.2. The summed E-state index contributed by atoms with van der Waals surface area (Å²) in [5.74, 6) is -1.22. The quantitative estimate of drug-likeness (QED) is 0.138. The average molecular weight is 339 g/mol. The number of unbranched alkanes of at least 4 members (excludes halogenated alkanes) is 12. The molecule has 24 heavy (non-hydrogen) atoms. The molecule has 0 aromatic carbocycles. The SMILES string of the molecule is CCCCCCCC/C=C/CCCCCCCCOC(=O)C(C)=O. The molecule has 0 aromatic heterocycles. The van der Waals surface area contributed by atoms with Gasteiger partial charge in [0, 0.05) is 6.92 Å². The molecule has 0 spiro atoms. The molecule has 140 valence electrons. The zero-order valence-corrected chi connectivity index (χ0v) is 16.0. The van der Waals surface area contributed by atoms with E-state index in [9.17, 15) is 9.59 Å². The normalized spacial score (nSPS) is 11.1. The van der Waals surface area contributed by atoms with Crippen molar-refractivity contribution in [1.29, 1.82) is 0 Å². The average Bonchev–Trinajstić information content (AvgIpc) is 2.57. The van der Waals surface area contributed by atoms with Crippen LogP contribution in [0, 0.1) is 0 Å². The highest BCUT2D eigenvalue weighted by Gasteiger charge is 2.07. The summed E-state index contributed by atoms with van der Waals surface area (Å²) in [5.41, 5.74) is 0. The first kappa shape index (κ1) is 22.9. The number of ether oxygens (including phenoxy) is 1. The highest BCUT2D eigenvalue weighted by molar-refractivity contribution is 6.32. The summed E-state index contributed by atoms with van der Waals surface area (Å²) < 4.78 is 4.82. The summed E-state index contributed by atoms with van der Waals surface area (Å²) in [6.45, 7) is 3.88. The van der Waals surface area contributed by atoms with Crippen LogP contribution in [0.2, 0.25) is 0 Å². The zero-order valence-electron chi connectivity index (χ0n) is 16.0.